The minimum absolute atomic E-state index is 0.0128. The number of rotatable bonds is 3. The first-order chi connectivity index (χ1) is 10.9. The number of hydrogen-bond acceptors (Lipinski definition) is 2. The van der Waals surface area contributed by atoms with Crippen molar-refractivity contribution in [2.24, 2.45) is 7.05 Å². The highest BCUT2D eigenvalue weighted by molar-refractivity contribution is 6.35. The first-order valence-electron chi connectivity index (χ1n) is 6.77. The van der Waals surface area contributed by atoms with E-state index >= 15 is 0 Å². The lowest BCUT2D eigenvalue weighted by Gasteiger charge is -2.15. The molecule has 2 aromatic heterocycles. The van der Waals surface area contributed by atoms with Crippen molar-refractivity contribution in [1.82, 2.24) is 9.20 Å². The Labute approximate surface area is 146 Å². The first kappa shape index (κ1) is 16.2. The summed E-state index contributed by atoms with van der Waals surface area (Å²) in [6.45, 7) is 0.287. The second-order valence-electron chi connectivity index (χ2n) is 5.04. The molecule has 0 unspecified atom stereocenters. The fourth-order valence-corrected chi connectivity index (χ4v) is 3.30. The average molecular weight is 373 g/mol. The average Bonchev–Trinajstić information content (AvgIpc) is 2.85. The molecule has 3 rings (SSSR count). The number of hydrogen-bond donors (Lipinski definition) is 0. The summed E-state index contributed by atoms with van der Waals surface area (Å²) < 4.78 is 4.49. The van der Waals surface area contributed by atoms with E-state index in [-0.39, 0.29) is 18.0 Å². The topological polar surface area (TPSA) is 53.4 Å². The molecule has 0 spiro atoms. The third-order valence-corrected chi connectivity index (χ3v) is 4.18. The predicted octanol–water partition coefficient (Wildman–Crippen LogP) is 2.21. The summed E-state index contributed by atoms with van der Waals surface area (Å²) in [7, 11) is 1.72. The van der Waals surface area contributed by atoms with Crippen LogP contribution in [0.15, 0.2) is 35.3 Å². The van der Waals surface area contributed by atoms with Gasteiger partial charge in [0.2, 0.25) is 0 Å². The zero-order valence-corrected chi connectivity index (χ0v) is 14.4. The van der Waals surface area contributed by atoms with Gasteiger partial charge in [0.05, 0.1) is 24.0 Å². The van der Waals surface area contributed by atoms with Gasteiger partial charge in [0.25, 0.3) is 0 Å². The van der Waals surface area contributed by atoms with E-state index in [1.165, 1.54) is 9.08 Å². The lowest BCUT2D eigenvalue weighted by Crippen LogP contribution is -2.44. The maximum absolute atomic E-state index is 12.8. The van der Waals surface area contributed by atoms with Gasteiger partial charge in [0.15, 0.2) is 0 Å². The summed E-state index contributed by atoms with van der Waals surface area (Å²) in [6.07, 6.45) is 1.70. The van der Waals surface area contributed by atoms with Gasteiger partial charge >= 0.3 is 11.2 Å². The van der Waals surface area contributed by atoms with Crippen molar-refractivity contribution in [2.75, 3.05) is 5.88 Å². The zero-order chi connectivity index (χ0) is 16.7. The molecule has 2 heterocycles. The molecular weight excluding hydrogens is 361 g/mol. The SMILES string of the molecule is Cn1ccc2n1c(=O)c(-c1cc(Cl)cc(Cl)c1)c([O-])[n+]2CCCl. The van der Waals surface area contributed by atoms with Crippen molar-refractivity contribution >= 4 is 40.4 Å². The maximum atomic E-state index is 12.8. The third kappa shape index (κ3) is 2.69. The molecule has 0 aliphatic heterocycles. The van der Waals surface area contributed by atoms with E-state index in [1.54, 1.807) is 42.2 Å². The molecule has 5 nitrogen and oxygen atoms in total. The van der Waals surface area contributed by atoms with E-state index < -0.39 is 11.4 Å². The van der Waals surface area contributed by atoms with E-state index in [1.807, 2.05) is 0 Å². The first-order valence-corrected chi connectivity index (χ1v) is 8.06. The van der Waals surface area contributed by atoms with Crippen molar-refractivity contribution in [2.45, 2.75) is 6.54 Å². The van der Waals surface area contributed by atoms with Crippen LogP contribution in [0.25, 0.3) is 16.8 Å². The third-order valence-electron chi connectivity index (χ3n) is 3.57. The molecule has 0 radical (unpaired) electrons. The predicted molar refractivity (Wildman–Crippen MR) is 88.5 cm³/mol. The van der Waals surface area contributed by atoms with Gasteiger partial charge in [-0.05, 0) is 23.8 Å². The van der Waals surface area contributed by atoms with Crippen molar-refractivity contribution in [3.63, 3.8) is 0 Å². The van der Waals surface area contributed by atoms with Crippen molar-refractivity contribution < 1.29 is 9.67 Å². The largest absolute Gasteiger partial charge is 0.842 e. The Hall–Kier alpha value is -1.69. The smallest absolute Gasteiger partial charge is 0.368 e. The van der Waals surface area contributed by atoms with Crippen LogP contribution in [0.5, 0.6) is 5.88 Å². The van der Waals surface area contributed by atoms with E-state index in [2.05, 4.69) is 0 Å². The fraction of sp³-hybridized carbons (Fsp3) is 0.200. The summed E-state index contributed by atoms with van der Waals surface area (Å²) in [6, 6.07) is 6.34. The number of halogens is 3. The van der Waals surface area contributed by atoms with Gasteiger partial charge in [-0.2, -0.15) is 0 Å². The van der Waals surface area contributed by atoms with Gasteiger partial charge < -0.3 is 5.11 Å². The van der Waals surface area contributed by atoms with Crippen LogP contribution in [-0.2, 0) is 13.6 Å². The number of benzene rings is 1. The molecule has 0 saturated heterocycles. The van der Waals surface area contributed by atoms with Crippen LogP contribution in [0.3, 0.4) is 0 Å². The second-order valence-corrected chi connectivity index (χ2v) is 6.29. The molecule has 3 aromatic rings. The van der Waals surface area contributed by atoms with Crippen LogP contribution in [0, 0.1) is 0 Å². The lowest BCUT2D eigenvalue weighted by atomic mass is 10.1. The molecule has 23 heavy (non-hydrogen) atoms. The highest BCUT2D eigenvalue weighted by Gasteiger charge is 2.22. The highest BCUT2D eigenvalue weighted by atomic mass is 35.5. The van der Waals surface area contributed by atoms with Crippen LogP contribution >= 0.6 is 34.8 Å². The molecule has 0 N–H and O–H groups in total. The zero-order valence-electron chi connectivity index (χ0n) is 12.1. The van der Waals surface area contributed by atoms with Crippen LogP contribution in [-0.4, -0.2) is 15.1 Å². The normalized spacial score (nSPS) is 11.3. The van der Waals surface area contributed by atoms with Crippen LogP contribution in [0.2, 0.25) is 10.0 Å². The Morgan fingerprint density at radius 2 is 1.87 bits per heavy atom. The van der Waals surface area contributed by atoms with Gasteiger partial charge in [0, 0.05) is 17.1 Å². The van der Waals surface area contributed by atoms with Gasteiger partial charge in [-0.25, -0.2) is 14.0 Å². The van der Waals surface area contributed by atoms with Crippen LogP contribution in [0.1, 0.15) is 0 Å². The molecule has 8 heteroatoms. The Bertz CT molecular complexity index is 942. The second kappa shape index (κ2) is 6.07. The molecule has 1 aromatic carbocycles. The fourth-order valence-electron chi connectivity index (χ4n) is 2.61. The van der Waals surface area contributed by atoms with Crippen molar-refractivity contribution in [3.05, 3.63) is 50.9 Å². The van der Waals surface area contributed by atoms with Gasteiger partial charge in [-0.3, -0.25) is 0 Å². The Kier molecular flexibility index (Phi) is 4.27. The van der Waals surface area contributed by atoms with Crippen LogP contribution in [0.4, 0.5) is 0 Å². The minimum atomic E-state index is -0.429. The lowest BCUT2D eigenvalue weighted by molar-refractivity contribution is -0.712. The molecule has 0 atom stereocenters. The monoisotopic (exact) mass is 371 g/mol. The number of fused-ring (bicyclic) bond motifs is 1. The van der Waals surface area contributed by atoms with Crippen LogP contribution < -0.4 is 15.2 Å². The summed E-state index contributed by atoms with van der Waals surface area (Å²) in [4.78, 5) is 12.8. The Balaban J connectivity index is 2.45. The highest BCUT2D eigenvalue weighted by Crippen LogP contribution is 2.28. The number of aromatic nitrogens is 3. The quantitative estimate of drug-likeness (QED) is 0.523. The van der Waals surface area contributed by atoms with Gasteiger partial charge in [-0.1, -0.05) is 27.7 Å². The number of aryl methyl sites for hydroxylation is 2. The van der Waals surface area contributed by atoms with Crippen molar-refractivity contribution in [3.8, 4) is 17.0 Å². The summed E-state index contributed by atoms with van der Waals surface area (Å²) >= 11 is 17.8. The molecular formula is C15H12Cl3N3O2. The Morgan fingerprint density at radius 1 is 1.22 bits per heavy atom. The van der Waals surface area contributed by atoms with Gasteiger partial charge in [-0.15, -0.1) is 11.6 Å². The molecule has 0 saturated carbocycles. The maximum Gasteiger partial charge on any atom is 0.368 e. The standard InChI is InChI=1S/C15H12Cl3N3O2/c1-19-4-2-12-20(5-3-16)14(22)13(15(23)21(12)19)9-6-10(17)8-11(18)7-9/h2,4,6-8H,3,5H2,1H3. The van der Waals surface area contributed by atoms with E-state index in [0.29, 0.717) is 21.3 Å². The Morgan fingerprint density at radius 3 is 2.48 bits per heavy atom. The summed E-state index contributed by atoms with van der Waals surface area (Å²) in [5.41, 5.74) is 0.455. The van der Waals surface area contributed by atoms with Gasteiger partial charge in [0.1, 0.15) is 12.1 Å². The molecule has 0 fully saturated rings. The minimum Gasteiger partial charge on any atom is -0.842 e. The molecule has 0 aliphatic rings. The molecule has 0 amide bonds. The number of alkyl halides is 1. The van der Waals surface area contributed by atoms with E-state index in [0.717, 1.165) is 0 Å². The number of nitrogens with zero attached hydrogens (tertiary/aromatic N) is 3. The molecule has 0 bridgehead atoms. The summed E-state index contributed by atoms with van der Waals surface area (Å²) in [5, 5.41) is 13.5. The molecule has 0 aliphatic carbocycles. The molecule has 120 valence electrons. The summed E-state index contributed by atoms with van der Waals surface area (Å²) in [5.74, 6) is -0.168. The van der Waals surface area contributed by atoms with Crippen molar-refractivity contribution in [1.29, 1.82) is 0 Å². The van der Waals surface area contributed by atoms with E-state index in [9.17, 15) is 9.90 Å². The van der Waals surface area contributed by atoms with E-state index in [4.69, 9.17) is 34.8 Å².